The highest BCUT2D eigenvalue weighted by molar-refractivity contribution is 5.79. The van der Waals surface area contributed by atoms with Gasteiger partial charge < -0.3 is 4.57 Å². The van der Waals surface area contributed by atoms with E-state index in [0.717, 1.165) is 15.6 Å². The average molecular weight is 318 g/mol. The van der Waals surface area contributed by atoms with Crippen LogP contribution >= 0.6 is 0 Å². The van der Waals surface area contributed by atoms with Crippen molar-refractivity contribution in [3.05, 3.63) is 81.0 Å². The topological polar surface area (TPSA) is 69.8 Å². The third kappa shape index (κ3) is 2.20. The first-order valence-electron chi connectivity index (χ1n) is 7.55. The number of fused-ring (bicyclic) bond motifs is 2. The number of hydrogen-bond donors (Lipinski definition) is 0. The molecule has 0 amide bonds. The summed E-state index contributed by atoms with van der Waals surface area (Å²) in [5.41, 5.74) is 1.76. The summed E-state index contributed by atoms with van der Waals surface area (Å²) in [5.74, 6) is 0.311. The molecule has 0 N–H and O–H groups in total. The number of hydrogen-bond acceptors (Lipinski definition) is 4. The predicted molar refractivity (Wildman–Crippen MR) is 91.2 cm³/mol. The largest absolute Gasteiger partial charge is 0.352 e. The lowest BCUT2D eigenvalue weighted by Crippen LogP contribution is -2.36. The van der Waals surface area contributed by atoms with E-state index in [9.17, 15) is 9.59 Å². The van der Waals surface area contributed by atoms with Crippen LogP contribution in [0.4, 0.5) is 0 Å². The highest BCUT2D eigenvalue weighted by atomic mass is 16.2. The molecule has 0 saturated heterocycles. The smallest absolute Gasteiger partial charge is 0.318 e. The third-order valence-corrected chi connectivity index (χ3v) is 4.05. The second kappa shape index (κ2) is 5.42. The molecule has 0 radical (unpaired) electrons. The zero-order valence-corrected chi connectivity index (χ0v) is 13.0. The van der Waals surface area contributed by atoms with Crippen molar-refractivity contribution in [2.45, 2.75) is 6.54 Å². The molecule has 2 aromatic carbocycles. The Labute approximate surface area is 137 Å². The van der Waals surface area contributed by atoms with E-state index in [-0.39, 0.29) is 5.69 Å². The maximum Gasteiger partial charge on any atom is 0.352 e. The van der Waals surface area contributed by atoms with Crippen molar-refractivity contribution >= 4 is 11.0 Å². The van der Waals surface area contributed by atoms with E-state index in [1.54, 1.807) is 0 Å². The molecule has 2 aliphatic rings. The fourth-order valence-corrected chi connectivity index (χ4v) is 2.79. The van der Waals surface area contributed by atoms with Gasteiger partial charge in [-0.2, -0.15) is 4.98 Å². The summed E-state index contributed by atoms with van der Waals surface area (Å²) in [6.45, 7) is 0.500. The molecule has 0 saturated carbocycles. The fourth-order valence-electron chi connectivity index (χ4n) is 2.79. The van der Waals surface area contributed by atoms with Gasteiger partial charge in [0.25, 0.3) is 5.56 Å². The quantitative estimate of drug-likeness (QED) is 0.527. The van der Waals surface area contributed by atoms with Crippen LogP contribution in [0.3, 0.4) is 0 Å². The molecule has 0 fully saturated rings. The number of nitrogens with zero attached hydrogens (tertiary/aromatic N) is 4. The molecule has 0 aromatic heterocycles. The Morgan fingerprint density at radius 3 is 2.42 bits per heavy atom. The van der Waals surface area contributed by atoms with Crippen molar-refractivity contribution in [1.29, 1.82) is 0 Å². The molecule has 0 unspecified atom stereocenters. The maximum atomic E-state index is 12.4. The van der Waals surface area contributed by atoms with E-state index < -0.39 is 11.2 Å². The summed E-state index contributed by atoms with van der Waals surface area (Å²) in [4.78, 5) is 33.0. The highest BCUT2D eigenvalue weighted by Gasteiger charge is 2.20. The van der Waals surface area contributed by atoms with E-state index in [1.807, 2.05) is 59.2 Å². The minimum Gasteiger partial charge on any atom is -0.318 e. The minimum absolute atomic E-state index is 0.201. The predicted octanol–water partition coefficient (Wildman–Crippen LogP) is 1.64. The van der Waals surface area contributed by atoms with Crippen molar-refractivity contribution in [1.82, 2.24) is 19.1 Å². The fraction of sp³-hybridized carbons (Fsp3) is 0.111. The Morgan fingerprint density at radius 2 is 1.62 bits per heavy atom. The summed E-state index contributed by atoms with van der Waals surface area (Å²) in [6, 6.07) is 17.4. The molecule has 6 heteroatoms. The van der Waals surface area contributed by atoms with Crippen LogP contribution in [-0.2, 0) is 13.6 Å². The molecular weight excluding hydrogens is 304 g/mol. The number of aromatic nitrogens is 4. The van der Waals surface area contributed by atoms with E-state index in [0.29, 0.717) is 17.9 Å². The summed E-state index contributed by atoms with van der Waals surface area (Å²) in [7, 11) is 1.41. The van der Waals surface area contributed by atoms with Crippen LogP contribution in [0.25, 0.3) is 22.6 Å². The first-order chi connectivity index (χ1) is 11.6. The number of rotatable bonds is 2. The van der Waals surface area contributed by atoms with E-state index in [4.69, 9.17) is 0 Å². The van der Waals surface area contributed by atoms with Gasteiger partial charge in [0, 0.05) is 13.6 Å². The van der Waals surface area contributed by atoms with Gasteiger partial charge in [-0.05, 0) is 17.7 Å². The van der Waals surface area contributed by atoms with Gasteiger partial charge in [0.2, 0.25) is 0 Å². The molecule has 2 heterocycles. The molecule has 0 spiro atoms. The molecule has 0 bridgehead atoms. The van der Waals surface area contributed by atoms with Crippen molar-refractivity contribution in [2.75, 3.05) is 0 Å². The zero-order valence-electron chi connectivity index (χ0n) is 13.0. The van der Waals surface area contributed by atoms with Crippen LogP contribution in [0.15, 0.2) is 64.2 Å². The van der Waals surface area contributed by atoms with Crippen LogP contribution in [0, 0.1) is 0 Å². The first kappa shape index (κ1) is 14.3. The molecular formula is C18H14N4O2. The Bertz CT molecular complexity index is 1130. The first-order valence-corrected chi connectivity index (χ1v) is 7.55. The minimum atomic E-state index is -0.577. The normalized spacial score (nSPS) is 11.2. The lowest BCUT2D eigenvalue weighted by molar-refractivity contribution is 0.729. The van der Waals surface area contributed by atoms with Gasteiger partial charge in [-0.3, -0.25) is 9.36 Å². The molecule has 6 nitrogen and oxygen atoms in total. The van der Waals surface area contributed by atoms with Crippen molar-refractivity contribution in [2.24, 2.45) is 7.05 Å². The van der Waals surface area contributed by atoms with Gasteiger partial charge >= 0.3 is 5.69 Å². The van der Waals surface area contributed by atoms with E-state index >= 15 is 0 Å². The van der Waals surface area contributed by atoms with Crippen LogP contribution < -0.4 is 11.2 Å². The molecule has 4 rings (SSSR count). The maximum absolute atomic E-state index is 12.4. The van der Waals surface area contributed by atoms with Crippen LogP contribution in [-0.4, -0.2) is 19.1 Å². The molecule has 0 atom stereocenters. The van der Waals surface area contributed by atoms with Gasteiger partial charge in [0.15, 0.2) is 11.5 Å². The zero-order chi connectivity index (χ0) is 16.7. The van der Waals surface area contributed by atoms with E-state index in [2.05, 4.69) is 9.97 Å². The van der Waals surface area contributed by atoms with Gasteiger partial charge in [0.1, 0.15) is 0 Å². The second-order valence-corrected chi connectivity index (χ2v) is 5.60. The Morgan fingerprint density at radius 1 is 0.917 bits per heavy atom. The number of para-hydroxylation sites is 2. The summed E-state index contributed by atoms with van der Waals surface area (Å²) in [6.07, 6.45) is 0. The van der Waals surface area contributed by atoms with Crippen molar-refractivity contribution in [3.8, 4) is 11.5 Å². The van der Waals surface area contributed by atoms with Crippen molar-refractivity contribution in [3.63, 3.8) is 0 Å². The summed E-state index contributed by atoms with van der Waals surface area (Å²) >= 11 is 0. The van der Waals surface area contributed by atoms with Crippen LogP contribution in [0.5, 0.6) is 0 Å². The summed E-state index contributed by atoms with van der Waals surface area (Å²) < 4.78 is 2.85. The SMILES string of the molecule is Cn1c(=O)nc2n(Cc3ccccc3)c3ccccc3nc-2c1=O. The average Bonchev–Trinajstić information content (AvgIpc) is 2.61. The Hall–Kier alpha value is -3.28. The molecule has 0 aliphatic carbocycles. The summed E-state index contributed by atoms with van der Waals surface area (Å²) in [5, 5.41) is 0. The highest BCUT2D eigenvalue weighted by Crippen LogP contribution is 2.21. The van der Waals surface area contributed by atoms with E-state index in [1.165, 1.54) is 7.05 Å². The molecule has 118 valence electrons. The molecule has 24 heavy (non-hydrogen) atoms. The number of benzene rings is 2. The van der Waals surface area contributed by atoms with Gasteiger partial charge in [-0.15, -0.1) is 0 Å². The lowest BCUT2D eigenvalue weighted by atomic mass is 10.2. The van der Waals surface area contributed by atoms with Gasteiger partial charge in [0.05, 0.1) is 11.0 Å². The monoisotopic (exact) mass is 318 g/mol. The van der Waals surface area contributed by atoms with Crippen LogP contribution in [0.1, 0.15) is 5.56 Å². The Kier molecular flexibility index (Phi) is 3.23. The van der Waals surface area contributed by atoms with Crippen LogP contribution in [0.2, 0.25) is 0 Å². The molecule has 2 aliphatic heterocycles. The third-order valence-electron chi connectivity index (χ3n) is 4.05. The van der Waals surface area contributed by atoms with Gasteiger partial charge in [-0.1, -0.05) is 42.5 Å². The second-order valence-electron chi connectivity index (χ2n) is 5.60. The Balaban J connectivity index is 2.11. The van der Waals surface area contributed by atoms with Gasteiger partial charge in [-0.25, -0.2) is 9.78 Å². The lowest BCUT2D eigenvalue weighted by Gasteiger charge is -2.17. The van der Waals surface area contributed by atoms with Crippen molar-refractivity contribution < 1.29 is 0 Å². The standard InChI is InChI=1S/C18H14N4O2/c1-21-17(23)15-16(20-18(21)24)22(11-12-7-3-2-4-8-12)14-10-6-5-9-13(14)19-15/h2-10H,11H2,1H3. The molecule has 2 aromatic rings.